The number of anilines is 1. The molecule has 0 aliphatic carbocycles. The Morgan fingerprint density at radius 3 is 2.23 bits per heavy atom. The molecule has 3 heteroatoms. The lowest BCUT2D eigenvalue weighted by Crippen LogP contribution is -2.07. The Hall–Kier alpha value is -3.07. The molecule has 0 heterocycles. The maximum absolute atomic E-state index is 11.0. The number of hydrogen-bond acceptors (Lipinski definition) is 1. The zero-order chi connectivity index (χ0) is 15.1. The molecule has 4 aromatic rings. The Labute approximate surface area is 126 Å². The van der Waals surface area contributed by atoms with Crippen LogP contribution in [0, 0.1) is 0 Å². The molecule has 0 radical (unpaired) electrons. The molecule has 0 saturated heterocycles. The van der Waals surface area contributed by atoms with Gasteiger partial charge in [0.25, 0.3) is 0 Å². The second-order valence-corrected chi connectivity index (χ2v) is 5.32. The number of carbonyl (C=O) groups is 1. The van der Waals surface area contributed by atoms with E-state index in [0.717, 1.165) is 26.9 Å². The van der Waals surface area contributed by atoms with Crippen LogP contribution in [0.5, 0.6) is 0 Å². The molecule has 0 aromatic heterocycles. The Kier molecular flexibility index (Phi) is 2.73. The van der Waals surface area contributed by atoms with E-state index in [4.69, 9.17) is 5.11 Å². The monoisotopic (exact) mass is 287 g/mol. The third kappa shape index (κ3) is 1.95. The minimum atomic E-state index is -1.05. The van der Waals surface area contributed by atoms with Gasteiger partial charge in [-0.1, -0.05) is 48.5 Å². The highest BCUT2D eigenvalue weighted by atomic mass is 16.4. The molecule has 2 N–H and O–H groups in total. The molecular weight excluding hydrogens is 274 g/mol. The maximum Gasteiger partial charge on any atom is 0.409 e. The third-order valence-electron chi connectivity index (χ3n) is 3.97. The smallest absolute Gasteiger partial charge is 0.409 e. The van der Waals surface area contributed by atoms with Crippen LogP contribution in [0.3, 0.4) is 0 Å². The van der Waals surface area contributed by atoms with Crippen molar-refractivity contribution in [3.63, 3.8) is 0 Å². The maximum atomic E-state index is 11.0. The first kappa shape index (κ1) is 12.7. The summed E-state index contributed by atoms with van der Waals surface area (Å²) in [6.45, 7) is 0. The average Bonchev–Trinajstić information content (AvgIpc) is 2.52. The molecule has 0 unspecified atom stereocenters. The topological polar surface area (TPSA) is 49.3 Å². The number of benzene rings is 4. The molecule has 0 aliphatic rings. The number of nitrogens with one attached hydrogen (secondary N) is 1. The van der Waals surface area contributed by atoms with Crippen LogP contribution in [0.4, 0.5) is 10.5 Å². The van der Waals surface area contributed by atoms with Crippen molar-refractivity contribution in [2.75, 3.05) is 5.32 Å². The average molecular weight is 287 g/mol. The summed E-state index contributed by atoms with van der Waals surface area (Å²) in [6.07, 6.45) is -1.05. The molecule has 0 spiro atoms. The van der Waals surface area contributed by atoms with Crippen molar-refractivity contribution in [2.24, 2.45) is 0 Å². The van der Waals surface area contributed by atoms with Crippen LogP contribution >= 0.6 is 0 Å². The first-order valence-corrected chi connectivity index (χ1v) is 7.06. The van der Waals surface area contributed by atoms with Crippen LogP contribution in [0.25, 0.3) is 32.3 Å². The van der Waals surface area contributed by atoms with Gasteiger partial charge >= 0.3 is 6.09 Å². The van der Waals surface area contributed by atoms with Gasteiger partial charge in [-0.3, -0.25) is 5.32 Å². The highest BCUT2D eigenvalue weighted by Crippen LogP contribution is 2.33. The molecule has 0 fully saturated rings. The Morgan fingerprint density at radius 2 is 1.45 bits per heavy atom. The van der Waals surface area contributed by atoms with Crippen LogP contribution in [0.2, 0.25) is 0 Å². The zero-order valence-electron chi connectivity index (χ0n) is 11.7. The van der Waals surface area contributed by atoms with Crippen molar-refractivity contribution in [1.82, 2.24) is 0 Å². The van der Waals surface area contributed by atoms with Crippen LogP contribution in [-0.4, -0.2) is 11.2 Å². The molecule has 0 bridgehead atoms. The van der Waals surface area contributed by atoms with E-state index in [1.807, 2.05) is 30.3 Å². The molecule has 106 valence electrons. The molecule has 0 aliphatic heterocycles. The number of carboxylic acid groups (broad SMARTS) is 1. The van der Waals surface area contributed by atoms with Gasteiger partial charge in [-0.15, -0.1) is 0 Å². The molecule has 4 aromatic carbocycles. The Morgan fingerprint density at radius 1 is 0.773 bits per heavy atom. The van der Waals surface area contributed by atoms with Gasteiger partial charge in [-0.05, 0) is 45.1 Å². The Bertz CT molecular complexity index is 1040. The lowest BCUT2D eigenvalue weighted by Gasteiger charge is -2.10. The fourth-order valence-corrected chi connectivity index (χ4v) is 3.02. The highest BCUT2D eigenvalue weighted by molar-refractivity contribution is 6.17. The molecular formula is C19H13NO2. The van der Waals surface area contributed by atoms with Crippen LogP contribution in [0.15, 0.2) is 66.7 Å². The van der Waals surface area contributed by atoms with Gasteiger partial charge in [0.05, 0.1) is 5.69 Å². The van der Waals surface area contributed by atoms with Crippen molar-refractivity contribution < 1.29 is 9.90 Å². The molecule has 0 atom stereocenters. The largest absolute Gasteiger partial charge is 0.465 e. The van der Waals surface area contributed by atoms with E-state index in [2.05, 4.69) is 35.6 Å². The number of fused-ring (bicyclic) bond motifs is 4. The Balaban J connectivity index is 2.16. The summed E-state index contributed by atoms with van der Waals surface area (Å²) in [5.41, 5.74) is 0.617. The van der Waals surface area contributed by atoms with Crippen LogP contribution < -0.4 is 5.32 Å². The number of amides is 1. The first-order valence-electron chi connectivity index (χ1n) is 7.06. The standard InChI is InChI=1S/C19H13NO2/c21-19(22)20-17-7-3-6-12-8-9-15-10-13-4-1-2-5-14(13)11-16(15)18(12)17/h1-11,20H,(H,21,22). The minimum Gasteiger partial charge on any atom is -0.465 e. The van der Waals surface area contributed by atoms with Crippen molar-refractivity contribution in [3.8, 4) is 0 Å². The quantitative estimate of drug-likeness (QED) is 0.371. The summed E-state index contributed by atoms with van der Waals surface area (Å²) < 4.78 is 0. The fourth-order valence-electron chi connectivity index (χ4n) is 3.02. The fraction of sp³-hybridized carbons (Fsp3) is 0. The number of hydrogen-bond donors (Lipinski definition) is 2. The van der Waals surface area contributed by atoms with E-state index in [1.165, 1.54) is 5.39 Å². The van der Waals surface area contributed by atoms with E-state index in [9.17, 15) is 4.79 Å². The lowest BCUT2D eigenvalue weighted by molar-refractivity contribution is 0.210. The van der Waals surface area contributed by atoms with E-state index < -0.39 is 6.09 Å². The summed E-state index contributed by atoms with van der Waals surface area (Å²) >= 11 is 0. The lowest BCUT2D eigenvalue weighted by atomic mass is 9.97. The minimum absolute atomic E-state index is 0.617. The summed E-state index contributed by atoms with van der Waals surface area (Å²) in [6, 6.07) is 22.2. The van der Waals surface area contributed by atoms with E-state index in [0.29, 0.717) is 5.69 Å². The van der Waals surface area contributed by atoms with Gasteiger partial charge in [0.15, 0.2) is 0 Å². The third-order valence-corrected chi connectivity index (χ3v) is 3.97. The van der Waals surface area contributed by atoms with Crippen molar-refractivity contribution >= 4 is 44.1 Å². The second kappa shape index (κ2) is 4.74. The van der Waals surface area contributed by atoms with Crippen molar-refractivity contribution in [1.29, 1.82) is 0 Å². The van der Waals surface area contributed by atoms with Crippen LogP contribution in [0.1, 0.15) is 0 Å². The van der Waals surface area contributed by atoms with E-state index in [-0.39, 0.29) is 0 Å². The van der Waals surface area contributed by atoms with Crippen LogP contribution in [-0.2, 0) is 0 Å². The second-order valence-electron chi connectivity index (χ2n) is 5.32. The van der Waals surface area contributed by atoms with Gasteiger partial charge in [0, 0.05) is 5.39 Å². The first-order chi connectivity index (χ1) is 10.7. The summed E-state index contributed by atoms with van der Waals surface area (Å²) in [5.74, 6) is 0. The molecule has 4 rings (SSSR count). The van der Waals surface area contributed by atoms with Gasteiger partial charge in [-0.2, -0.15) is 0 Å². The SMILES string of the molecule is O=C(O)Nc1cccc2ccc3cc4ccccc4cc3c12. The summed E-state index contributed by atoms with van der Waals surface area (Å²) in [4.78, 5) is 11.0. The summed E-state index contributed by atoms with van der Waals surface area (Å²) in [5, 5.41) is 18.0. The van der Waals surface area contributed by atoms with Crippen molar-refractivity contribution in [3.05, 3.63) is 66.7 Å². The molecule has 22 heavy (non-hydrogen) atoms. The van der Waals surface area contributed by atoms with Gasteiger partial charge in [0.2, 0.25) is 0 Å². The van der Waals surface area contributed by atoms with Crippen molar-refractivity contribution in [2.45, 2.75) is 0 Å². The van der Waals surface area contributed by atoms with E-state index >= 15 is 0 Å². The van der Waals surface area contributed by atoms with Gasteiger partial charge in [-0.25, -0.2) is 4.79 Å². The zero-order valence-corrected chi connectivity index (χ0v) is 11.7. The van der Waals surface area contributed by atoms with Gasteiger partial charge < -0.3 is 5.11 Å². The van der Waals surface area contributed by atoms with E-state index in [1.54, 1.807) is 6.07 Å². The predicted octanol–water partition coefficient (Wildman–Crippen LogP) is 5.24. The summed E-state index contributed by atoms with van der Waals surface area (Å²) in [7, 11) is 0. The normalized spacial score (nSPS) is 11.1. The van der Waals surface area contributed by atoms with Gasteiger partial charge in [0.1, 0.15) is 0 Å². The highest BCUT2D eigenvalue weighted by Gasteiger charge is 2.08. The molecule has 0 saturated carbocycles. The molecule has 1 amide bonds. The number of rotatable bonds is 1. The predicted molar refractivity (Wildman–Crippen MR) is 90.6 cm³/mol. The molecule has 3 nitrogen and oxygen atoms in total.